The number of carbonyl (C=O) groups is 2. The van der Waals surface area contributed by atoms with Crippen LogP contribution in [0.3, 0.4) is 0 Å². The fraction of sp³-hybridized carbons (Fsp3) is 0.310. The SMILES string of the molecule is CCCCNC(=O)[C@@H](CC)N(Cc1ccc(Cl)cc1Cl)C(=O)CN(c1ccc(Cl)cc1Cl)S(=O)(=O)c1ccccc1. The largest absolute Gasteiger partial charge is 0.354 e. The number of hydrogen-bond acceptors (Lipinski definition) is 4. The molecule has 0 unspecified atom stereocenters. The van der Waals surface area contributed by atoms with Crippen molar-refractivity contribution in [3.63, 3.8) is 0 Å². The number of hydrogen-bond donors (Lipinski definition) is 1. The Labute approximate surface area is 261 Å². The van der Waals surface area contributed by atoms with Gasteiger partial charge >= 0.3 is 0 Å². The Balaban J connectivity index is 2.08. The first-order valence-corrected chi connectivity index (χ1v) is 16.0. The van der Waals surface area contributed by atoms with Crippen LogP contribution >= 0.6 is 46.4 Å². The summed E-state index contributed by atoms with van der Waals surface area (Å²) < 4.78 is 28.7. The number of benzene rings is 3. The first kappa shape index (κ1) is 33.0. The minimum Gasteiger partial charge on any atom is -0.354 e. The Morgan fingerprint density at radius 2 is 1.51 bits per heavy atom. The average Bonchev–Trinajstić information content (AvgIpc) is 2.93. The molecule has 0 spiro atoms. The van der Waals surface area contributed by atoms with Gasteiger partial charge in [-0.25, -0.2) is 8.42 Å². The van der Waals surface area contributed by atoms with Gasteiger partial charge in [0.15, 0.2) is 0 Å². The smallest absolute Gasteiger partial charge is 0.264 e. The van der Waals surface area contributed by atoms with Gasteiger partial charge in [-0.2, -0.15) is 0 Å². The third-order valence-electron chi connectivity index (χ3n) is 6.36. The molecule has 0 aliphatic rings. The van der Waals surface area contributed by atoms with E-state index in [4.69, 9.17) is 46.4 Å². The van der Waals surface area contributed by atoms with Crippen LogP contribution in [0, 0.1) is 0 Å². The quantitative estimate of drug-likeness (QED) is 0.197. The lowest BCUT2D eigenvalue weighted by atomic mass is 10.1. The first-order valence-electron chi connectivity index (χ1n) is 13.0. The number of carbonyl (C=O) groups excluding carboxylic acids is 2. The lowest BCUT2D eigenvalue weighted by molar-refractivity contribution is -0.140. The molecule has 220 valence electrons. The van der Waals surface area contributed by atoms with Crippen molar-refractivity contribution < 1.29 is 18.0 Å². The minimum atomic E-state index is -4.26. The summed E-state index contributed by atoms with van der Waals surface area (Å²) in [6.07, 6.45) is 1.94. The van der Waals surface area contributed by atoms with E-state index in [0.717, 1.165) is 17.1 Å². The predicted octanol–water partition coefficient (Wildman–Crippen LogP) is 7.22. The summed E-state index contributed by atoms with van der Waals surface area (Å²) in [4.78, 5) is 28.7. The highest BCUT2D eigenvalue weighted by atomic mass is 35.5. The lowest BCUT2D eigenvalue weighted by Gasteiger charge is -2.33. The number of rotatable bonds is 13. The molecule has 0 saturated heterocycles. The Morgan fingerprint density at radius 1 is 0.878 bits per heavy atom. The van der Waals surface area contributed by atoms with E-state index in [1.54, 1.807) is 43.3 Å². The van der Waals surface area contributed by atoms with E-state index in [-0.39, 0.29) is 34.5 Å². The van der Waals surface area contributed by atoms with Crippen molar-refractivity contribution in [1.82, 2.24) is 10.2 Å². The fourth-order valence-corrected chi connectivity index (χ4v) is 6.66. The molecule has 0 fully saturated rings. The zero-order valence-corrected chi connectivity index (χ0v) is 26.5. The minimum absolute atomic E-state index is 0.0320. The number of anilines is 1. The van der Waals surface area contributed by atoms with Crippen molar-refractivity contribution >= 4 is 73.9 Å². The number of nitrogens with zero attached hydrogens (tertiary/aromatic N) is 2. The first-order chi connectivity index (χ1) is 19.5. The van der Waals surface area contributed by atoms with Crippen molar-refractivity contribution in [2.75, 3.05) is 17.4 Å². The summed E-state index contributed by atoms with van der Waals surface area (Å²) in [6, 6.07) is 16.0. The number of unbranched alkanes of at least 4 members (excludes halogenated alkanes) is 1. The van der Waals surface area contributed by atoms with E-state index in [9.17, 15) is 18.0 Å². The van der Waals surface area contributed by atoms with Gasteiger partial charge in [-0.3, -0.25) is 13.9 Å². The second-order valence-corrected chi connectivity index (χ2v) is 12.8. The second kappa shape index (κ2) is 15.1. The molecular formula is C29H31Cl4N3O4S. The third-order valence-corrected chi connectivity index (χ3v) is 9.26. The van der Waals surface area contributed by atoms with Gasteiger partial charge in [0.2, 0.25) is 11.8 Å². The molecule has 0 radical (unpaired) electrons. The van der Waals surface area contributed by atoms with E-state index in [0.29, 0.717) is 27.2 Å². The van der Waals surface area contributed by atoms with E-state index >= 15 is 0 Å². The molecule has 3 aromatic rings. The van der Waals surface area contributed by atoms with Gasteiger partial charge in [-0.1, -0.05) is 90.9 Å². The van der Waals surface area contributed by atoms with Gasteiger partial charge in [0, 0.05) is 28.2 Å². The zero-order chi connectivity index (χ0) is 30.2. The maximum atomic E-state index is 14.1. The second-order valence-electron chi connectivity index (χ2n) is 9.25. The van der Waals surface area contributed by atoms with Gasteiger partial charge in [0.1, 0.15) is 12.6 Å². The molecule has 0 saturated carbocycles. The van der Waals surface area contributed by atoms with Crippen molar-refractivity contribution in [1.29, 1.82) is 0 Å². The maximum absolute atomic E-state index is 14.1. The third kappa shape index (κ3) is 8.52. The molecule has 2 amide bonds. The van der Waals surface area contributed by atoms with E-state index in [1.807, 2.05) is 6.92 Å². The average molecular weight is 659 g/mol. The van der Waals surface area contributed by atoms with Crippen LogP contribution in [0.5, 0.6) is 0 Å². The van der Waals surface area contributed by atoms with Gasteiger partial charge in [-0.05, 0) is 60.9 Å². The van der Waals surface area contributed by atoms with Crippen LogP contribution in [0.1, 0.15) is 38.7 Å². The predicted molar refractivity (Wildman–Crippen MR) is 166 cm³/mol. The molecule has 3 rings (SSSR count). The Hall–Kier alpha value is -2.49. The van der Waals surface area contributed by atoms with Crippen molar-refractivity contribution in [2.24, 2.45) is 0 Å². The van der Waals surface area contributed by atoms with Crippen molar-refractivity contribution in [3.05, 3.63) is 92.4 Å². The monoisotopic (exact) mass is 657 g/mol. The summed E-state index contributed by atoms with van der Waals surface area (Å²) in [7, 11) is -4.26. The Bertz CT molecular complexity index is 1470. The van der Waals surface area contributed by atoms with Crippen LogP contribution in [-0.4, -0.2) is 44.3 Å². The molecule has 12 heteroatoms. The highest BCUT2D eigenvalue weighted by Gasteiger charge is 2.34. The van der Waals surface area contributed by atoms with Crippen molar-refractivity contribution in [2.45, 2.75) is 50.6 Å². The maximum Gasteiger partial charge on any atom is 0.264 e. The van der Waals surface area contributed by atoms with Crippen molar-refractivity contribution in [3.8, 4) is 0 Å². The molecule has 0 aliphatic carbocycles. The Morgan fingerprint density at radius 3 is 2.10 bits per heavy atom. The summed E-state index contributed by atoms with van der Waals surface area (Å²) in [5.41, 5.74) is 0.615. The molecule has 0 aromatic heterocycles. The van der Waals surface area contributed by atoms with Gasteiger partial charge in [0.05, 0.1) is 15.6 Å². The molecular weight excluding hydrogens is 628 g/mol. The van der Waals surface area contributed by atoms with Crippen LogP contribution in [0.15, 0.2) is 71.6 Å². The molecule has 3 aromatic carbocycles. The zero-order valence-electron chi connectivity index (χ0n) is 22.6. The summed E-state index contributed by atoms with van der Waals surface area (Å²) in [6.45, 7) is 3.54. The lowest BCUT2D eigenvalue weighted by Crippen LogP contribution is -2.52. The van der Waals surface area contributed by atoms with Crippen LogP contribution < -0.4 is 9.62 Å². The van der Waals surface area contributed by atoms with Crippen LogP contribution in [0.4, 0.5) is 5.69 Å². The topological polar surface area (TPSA) is 86.8 Å². The number of amides is 2. The molecule has 0 aliphatic heterocycles. The molecule has 7 nitrogen and oxygen atoms in total. The summed E-state index contributed by atoms with van der Waals surface area (Å²) >= 11 is 25.0. The number of sulfonamides is 1. The standard InChI is InChI=1S/C29H31Cl4N3O4S/c1-3-5-15-34-29(38)26(4-2)35(18-20-11-12-21(30)16-24(20)32)28(37)19-36(27-14-13-22(31)17-25(27)33)41(39,40)23-9-7-6-8-10-23/h6-14,16-17,26H,3-5,15,18-19H2,1-2H3,(H,34,38)/t26-/m1/s1. The van der Waals surface area contributed by atoms with Gasteiger partial charge in [-0.15, -0.1) is 0 Å². The molecule has 1 N–H and O–H groups in total. The van der Waals surface area contributed by atoms with Gasteiger partial charge in [0.25, 0.3) is 10.0 Å². The highest BCUT2D eigenvalue weighted by Crippen LogP contribution is 2.33. The number of nitrogens with one attached hydrogen (secondary N) is 1. The molecule has 0 bridgehead atoms. The Kier molecular flexibility index (Phi) is 12.2. The summed E-state index contributed by atoms with van der Waals surface area (Å²) in [5, 5.41) is 3.95. The fourth-order valence-electron chi connectivity index (χ4n) is 4.18. The van der Waals surface area contributed by atoms with Crippen LogP contribution in [0.2, 0.25) is 20.1 Å². The summed E-state index contributed by atoms with van der Waals surface area (Å²) in [5.74, 6) is -0.972. The van der Waals surface area contributed by atoms with E-state index < -0.39 is 28.5 Å². The molecule has 0 heterocycles. The van der Waals surface area contributed by atoms with E-state index in [2.05, 4.69) is 5.32 Å². The highest BCUT2D eigenvalue weighted by molar-refractivity contribution is 7.92. The van der Waals surface area contributed by atoms with E-state index in [1.165, 1.54) is 35.2 Å². The normalized spacial score (nSPS) is 12.0. The molecule has 1 atom stereocenters. The number of halogens is 4. The molecule has 41 heavy (non-hydrogen) atoms. The van der Waals surface area contributed by atoms with Gasteiger partial charge < -0.3 is 10.2 Å². The van der Waals surface area contributed by atoms with Crippen LogP contribution in [-0.2, 0) is 26.2 Å². The van der Waals surface area contributed by atoms with Crippen LogP contribution in [0.25, 0.3) is 0 Å².